The molecule has 146 heavy (non-hydrogen) atoms. The Morgan fingerprint density at radius 3 is 0.952 bits per heavy atom. The van der Waals surface area contributed by atoms with E-state index in [9.17, 15) is 47.9 Å². The van der Waals surface area contributed by atoms with Crippen molar-refractivity contribution in [3.05, 3.63) is 271 Å². The number of H-pyrrole nitrogens is 4. The molecule has 1 saturated carbocycles. The topological polar surface area (TPSA) is 493 Å². The van der Waals surface area contributed by atoms with Gasteiger partial charge in [0.15, 0.2) is 22.8 Å². The molecule has 5 aliphatic heterocycles. The van der Waals surface area contributed by atoms with Gasteiger partial charge in [-0.05, 0) is 227 Å². The van der Waals surface area contributed by atoms with Crippen molar-refractivity contribution in [1.29, 1.82) is 0 Å². The summed E-state index contributed by atoms with van der Waals surface area (Å²) in [6.07, 6.45) is 29.9. The van der Waals surface area contributed by atoms with Gasteiger partial charge < -0.3 is 70.9 Å². The summed E-state index contributed by atoms with van der Waals surface area (Å²) in [5, 5.41) is 48.3. The molecule has 0 unspecified atom stereocenters. The molecule has 0 bridgehead atoms. The van der Waals surface area contributed by atoms with Crippen LogP contribution in [-0.4, -0.2) is 276 Å². The lowest BCUT2D eigenvalue weighted by Crippen LogP contribution is -2.36. The quantitative estimate of drug-likeness (QED) is 0.0301. The predicted octanol–water partition coefficient (Wildman–Crippen LogP) is 14.4. The van der Waals surface area contributed by atoms with Gasteiger partial charge in [0.2, 0.25) is 5.91 Å². The number of aromatic nitrogens is 16. The Kier molecular flexibility index (Phi) is 29.3. The van der Waals surface area contributed by atoms with Crippen LogP contribution >= 0.6 is 0 Å². The molecule has 4 aromatic carbocycles. The monoisotopic (exact) mass is 1960 g/mol. The lowest BCUT2D eigenvalue weighted by Gasteiger charge is -2.28. The van der Waals surface area contributed by atoms with Crippen LogP contribution in [0.2, 0.25) is 0 Å². The number of aromatic amines is 4. The number of ether oxygens (including phenoxy) is 1. The van der Waals surface area contributed by atoms with Crippen LogP contribution in [0.15, 0.2) is 220 Å². The molecule has 40 heteroatoms. The minimum atomic E-state index is -0.408. The summed E-state index contributed by atoms with van der Waals surface area (Å²) in [6, 6.07) is 43.8. The minimum Gasteiger partial charge on any atom is -0.378 e. The van der Waals surface area contributed by atoms with E-state index in [1.807, 2.05) is 124 Å². The summed E-state index contributed by atoms with van der Waals surface area (Å²) < 4.78 is 5.46. The standard InChI is InChI=1S/C27H27N7O3.C27H25N7O3.C26H26N8O3.C26H27N7O2/c35-26(30-20-4-6-24(29-16-20)27(36)34-7-1-2-8-34)25-22-14-18(3-5-23(22)31-32-25)19-13-21(17-28-15-19)33-9-11-37-12-10-33;35-25(16-3-4-16)31-20-11-18(13-28-14-20)17-5-7-22-21(12-17)24(33-32-22)26(36)30-19-6-8-23(29-15-19)27(37)34-9-1-2-10-34;1-33(2)26(37)30-19-11-17(13-27-14-19)16-5-7-21-20(12-16)23(32-31-21)24(35)29-18-6-8-22(28-15-18)25(36)34-9-3-4-10-34;1-32(2)16-17-11-19(14-27-13-17)18-5-7-22-21(12-18)24(31-30-22)25(34)29-20-6-8-23(28-15-20)26(35)33-9-3-4-10-33/h3-6,13-17H,1-2,7-12H2,(H,30,35)(H,31,32);5-8,11-16H,1-4,9-10H2,(H,30,36)(H,31,35)(H,32,33);5-8,11-15H,3-4,9-10H2,1-2H3,(H,29,35)(H,30,37)(H,31,32);5-8,11-15H,3-4,9-10,16H2,1-2H3,(H,29,34)(H,30,31). The first-order valence-electron chi connectivity index (χ1n) is 48.3. The molecule has 0 atom stereocenters. The van der Waals surface area contributed by atoms with Crippen LogP contribution in [0.4, 0.5) is 44.6 Å². The number of pyridine rings is 8. The van der Waals surface area contributed by atoms with Crippen LogP contribution in [0.5, 0.6) is 0 Å². The first-order chi connectivity index (χ1) is 71.1. The molecule has 6 aliphatic rings. The second-order valence-corrected chi connectivity index (χ2v) is 36.7. The Balaban J connectivity index is 0.000000123. The van der Waals surface area contributed by atoms with Crippen LogP contribution in [-0.2, 0) is 16.1 Å². The molecular weight excluding hydrogens is 1860 g/mol. The van der Waals surface area contributed by atoms with Crippen molar-refractivity contribution in [2.75, 3.05) is 144 Å². The van der Waals surface area contributed by atoms with Gasteiger partial charge in [-0.1, -0.05) is 24.3 Å². The number of hydrogen-bond donors (Lipinski definition) is 10. The SMILES string of the molecule is CN(C)C(=O)Nc1cncc(-c2ccc3[nH]nc(C(=O)Nc4ccc(C(=O)N5CCCC5)nc4)c3c2)c1.CN(C)Cc1cncc(-c2ccc3[nH]nc(C(=O)Nc4ccc(C(=O)N5CCCC5)nc4)c3c2)c1.O=C(Nc1ccc(C(=O)N2CCCC2)nc1)c1n[nH]c2ccc(-c3cncc(N4CCOCC4)c3)cc12.O=C(Nc1ccc(C(=O)N2CCCC2)nc1)c1n[nH]c2ccc(-c3cncc(NC(=O)C4CC4)c3)cc12. The molecule has 11 amide bonds. The van der Waals surface area contributed by atoms with Crippen LogP contribution in [0, 0.1) is 5.92 Å². The van der Waals surface area contributed by atoms with Gasteiger partial charge in [0.05, 0.1) is 118 Å². The van der Waals surface area contributed by atoms with Crippen molar-refractivity contribution >= 4 is 143 Å². The second kappa shape index (κ2) is 44.1. The molecule has 740 valence electrons. The first-order valence-corrected chi connectivity index (χ1v) is 48.3. The van der Waals surface area contributed by atoms with E-state index >= 15 is 0 Å². The average molecular weight is 1960 g/mol. The summed E-state index contributed by atoms with van der Waals surface area (Å²) in [5.41, 5.74) is 17.8. The Morgan fingerprint density at radius 1 is 0.322 bits per heavy atom. The zero-order valence-electron chi connectivity index (χ0n) is 80.6. The van der Waals surface area contributed by atoms with Gasteiger partial charge in [-0.2, -0.15) is 20.4 Å². The van der Waals surface area contributed by atoms with Crippen molar-refractivity contribution in [2.24, 2.45) is 5.92 Å². The van der Waals surface area contributed by atoms with Gasteiger partial charge in [-0.15, -0.1) is 0 Å². The van der Waals surface area contributed by atoms with Crippen molar-refractivity contribution in [1.82, 2.24) is 110 Å². The van der Waals surface area contributed by atoms with E-state index in [1.54, 1.807) is 107 Å². The van der Waals surface area contributed by atoms with Crippen molar-refractivity contribution in [3.8, 4) is 44.5 Å². The minimum absolute atomic E-state index is 0.0196. The van der Waals surface area contributed by atoms with E-state index in [4.69, 9.17) is 4.74 Å². The number of carbonyl (C=O) groups is 10. The highest BCUT2D eigenvalue weighted by Crippen LogP contribution is 2.36. The van der Waals surface area contributed by atoms with E-state index in [1.165, 1.54) is 29.7 Å². The van der Waals surface area contributed by atoms with Crippen LogP contribution in [0.1, 0.15) is 154 Å². The normalized spacial score (nSPS) is 14.3. The highest BCUT2D eigenvalue weighted by molar-refractivity contribution is 6.15. The van der Waals surface area contributed by atoms with E-state index in [0.717, 1.165) is 203 Å². The van der Waals surface area contributed by atoms with Gasteiger partial charge in [-0.3, -0.25) is 83.5 Å². The molecule has 22 rings (SSSR count). The van der Waals surface area contributed by atoms with Crippen LogP contribution in [0.3, 0.4) is 0 Å². The van der Waals surface area contributed by atoms with Gasteiger partial charge in [0, 0.05) is 167 Å². The maximum absolute atomic E-state index is 13.1. The number of urea groups is 1. The highest BCUT2D eigenvalue weighted by Gasteiger charge is 2.32. The van der Waals surface area contributed by atoms with E-state index < -0.39 is 11.8 Å². The Labute approximate surface area is 836 Å². The van der Waals surface area contributed by atoms with Crippen molar-refractivity contribution in [3.63, 3.8) is 0 Å². The smallest absolute Gasteiger partial charge is 0.321 e. The zero-order valence-corrected chi connectivity index (χ0v) is 80.6. The van der Waals surface area contributed by atoms with Gasteiger partial charge in [0.25, 0.3) is 47.3 Å². The zero-order chi connectivity index (χ0) is 101. The lowest BCUT2D eigenvalue weighted by atomic mass is 10.0. The fraction of sp³-hybridized carbons (Fsp3) is 0.264. The number of nitrogens with one attached hydrogen (secondary N) is 10. The summed E-state index contributed by atoms with van der Waals surface area (Å²) in [5.74, 6) is -1.73. The number of morpholine rings is 1. The molecule has 0 radical (unpaired) electrons. The molecule has 0 spiro atoms. The number of nitrogens with zero attached hydrogens (tertiary/aromatic N) is 19. The van der Waals surface area contributed by atoms with Gasteiger partial charge in [-0.25, -0.2) is 24.7 Å². The third-order valence-electron chi connectivity index (χ3n) is 25.7. The Morgan fingerprint density at radius 2 is 0.637 bits per heavy atom. The molecule has 17 heterocycles. The third-order valence-corrected chi connectivity index (χ3v) is 25.7. The van der Waals surface area contributed by atoms with E-state index in [2.05, 4.69) is 134 Å². The van der Waals surface area contributed by atoms with Crippen molar-refractivity contribution in [2.45, 2.75) is 70.8 Å². The summed E-state index contributed by atoms with van der Waals surface area (Å²) in [7, 11) is 7.35. The fourth-order valence-corrected chi connectivity index (χ4v) is 17.8. The first kappa shape index (κ1) is 97.0. The van der Waals surface area contributed by atoms with Crippen molar-refractivity contribution < 1.29 is 52.7 Å². The van der Waals surface area contributed by atoms with E-state index in [0.29, 0.717) is 103 Å². The molecule has 5 saturated heterocycles. The number of anilines is 7. The highest BCUT2D eigenvalue weighted by atomic mass is 16.5. The number of hydrogen-bond acceptors (Lipinski definition) is 25. The number of fused-ring (bicyclic) bond motifs is 4. The van der Waals surface area contributed by atoms with Crippen LogP contribution < -0.4 is 36.8 Å². The number of amides is 11. The molecular formula is C106H105N29O11. The summed E-state index contributed by atoms with van der Waals surface area (Å²) in [4.78, 5) is 174. The average Bonchev–Trinajstić information content (AvgIpc) is 1.64. The number of benzene rings is 4. The maximum atomic E-state index is 13.1. The number of carbonyl (C=O) groups excluding carboxylic acids is 10. The lowest BCUT2D eigenvalue weighted by molar-refractivity contribution is -0.117. The predicted molar refractivity (Wildman–Crippen MR) is 551 cm³/mol. The Bertz CT molecular complexity index is 7340. The van der Waals surface area contributed by atoms with Crippen LogP contribution in [0.25, 0.3) is 88.1 Å². The molecule has 16 aromatic rings. The Hall–Kier alpha value is -17.8. The largest absolute Gasteiger partial charge is 0.378 e. The molecule has 6 fully saturated rings. The van der Waals surface area contributed by atoms with Gasteiger partial charge >= 0.3 is 6.03 Å². The summed E-state index contributed by atoms with van der Waals surface area (Å²) in [6.45, 7) is 9.93. The summed E-state index contributed by atoms with van der Waals surface area (Å²) >= 11 is 0. The maximum Gasteiger partial charge on any atom is 0.321 e. The number of rotatable bonds is 22. The van der Waals surface area contributed by atoms with E-state index in [-0.39, 0.29) is 76.1 Å². The third kappa shape index (κ3) is 23.0. The fourth-order valence-electron chi connectivity index (χ4n) is 17.8. The molecule has 10 N–H and O–H groups in total. The molecule has 1 aliphatic carbocycles. The molecule has 12 aromatic heterocycles. The second-order valence-electron chi connectivity index (χ2n) is 36.7. The van der Waals surface area contributed by atoms with Gasteiger partial charge in [0.1, 0.15) is 22.8 Å². The number of likely N-dealkylation sites (tertiary alicyclic amines) is 4. The molecule has 40 nitrogen and oxygen atoms in total.